The Balaban J connectivity index is 2.79. The first-order valence-electron chi connectivity index (χ1n) is 5.03. The zero-order chi connectivity index (χ0) is 13.1. The van der Waals surface area contributed by atoms with Gasteiger partial charge >= 0.3 is 0 Å². The summed E-state index contributed by atoms with van der Waals surface area (Å²) in [7, 11) is 0. The number of halogens is 1. The van der Waals surface area contributed by atoms with Crippen LogP contribution in [0, 0.1) is 0 Å². The number of hydrogen-bond donors (Lipinski definition) is 2. The molecule has 0 aromatic carbocycles. The molecule has 1 aromatic heterocycles. The number of amides is 2. The van der Waals surface area contributed by atoms with Gasteiger partial charge in [-0.05, 0) is 26.0 Å². The molecule has 2 amide bonds. The van der Waals surface area contributed by atoms with Gasteiger partial charge in [-0.2, -0.15) is 0 Å². The Kier molecular flexibility index (Phi) is 4.07. The molecule has 0 atom stereocenters. The minimum Gasteiger partial charge on any atom is -0.370 e. The summed E-state index contributed by atoms with van der Waals surface area (Å²) in [6.07, 6.45) is 1.55. The van der Waals surface area contributed by atoms with Crippen LogP contribution in [0.5, 0.6) is 0 Å². The molecule has 0 aliphatic carbocycles. The second-order valence-electron chi connectivity index (χ2n) is 4.32. The van der Waals surface area contributed by atoms with Crippen LogP contribution in [0.4, 0.5) is 0 Å². The lowest BCUT2D eigenvalue weighted by atomic mass is 10.00. The van der Waals surface area contributed by atoms with Gasteiger partial charge in [0.25, 0.3) is 5.91 Å². The van der Waals surface area contributed by atoms with E-state index in [1.807, 2.05) is 0 Å². The van der Waals surface area contributed by atoms with Crippen LogP contribution in [-0.2, 0) is 4.79 Å². The molecule has 92 valence electrons. The topological polar surface area (TPSA) is 85.1 Å². The molecule has 0 bridgehead atoms. The third kappa shape index (κ3) is 4.03. The Morgan fingerprint density at radius 2 is 2.18 bits per heavy atom. The second kappa shape index (κ2) is 5.14. The third-order valence-corrected chi connectivity index (χ3v) is 2.37. The van der Waals surface area contributed by atoms with E-state index in [9.17, 15) is 9.59 Å². The summed E-state index contributed by atoms with van der Waals surface area (Å²) in [5, 5.41) is 2.81. The molecule has 3 N–H and O–H groups in total. The minimum atomic E-state index is -0.720. The number of pyridine rings is 1. The number of carbonyl (C=O) groups excluding carboxylic acids is 2. The fourth-order valence-electron chi connectivity index (χ4n) is 1.41. The molecule has 17 heavy (non-hydrogen) atoms. The molecule has 0 aliphatic heterocycles. The molecule has 6 heteroatoms. The lowest BCUT2D eigenvalue weighted by Gasteiger charge is -2.24. The van der Waals surface area contributed by atoms with Crippen LogP contribution in [0.15, 0.2) is 18.3 Å². The Bertz CT molecular complexity index is 446. The van der Waals surface area contributed by atoms with E-state index in [2.05, 4.69) is 10.3 Å². The number of nitrogens with zero attached hydrogens (tertiary/aromatic N) is 1. The number of primary amides is 1. The standard InChI is InChI=1S/C11H14ClN3O2/c1-11(2,6-8(13)16)15-10(17)7-4-3-5-14-9(7)12/h3-5H,6H2,1-2H3,(H2,13,16)(H,15,17). The first-order chi connectivity index (χ1) is 7.82. The summed E-state index contributed by atoms with van der Waals surface area (Å²) in [5.74, 6) is -0.859. The average molecular weight is 256 g/mol. The van der Waals surface area contributed by atoms with E-state index in [4.69, 9.17) is 17.3 Å². The van der Waals surface area contributed by atoms with Gasteiger partial charge in [0, 0.05) is 18.2 Å². The van der Waals surface area contributed by atoms with E-state index >= 15 is 0 Å². The number of hydrogen-bond acceptors (Lipinski definition) is 3. The van der Waals surface area contributed by atoms with Crippen molar-refractivity contribution in [1.82, 2.24) is 10.3 Å². The quantitative estimate of drug-likeness (QED) is 0.791. The summed E-state index contributed by atoms with van der Waals surface area (Å²) >= 11 is 5.79. The van der Waals surface area contributed by atoms with Crippen LogP contribution in [0.3, 0.4) is 0 Å². The maximum atomic E-state index is 11.9. The van der Waals surface area contributed by atoms with Crippen LogP contribution in [0.25, 0.3) is 0 Å². The molecule has 0 saturated heterocycles. The van der Waals surface area contributed by atoms with Gasteiger partial charge in [0.05, 0.1) is 5.56 Å². The summed E-state index contributed by atoms with van der Waals surface area (Å²) in [4.78, 5) is 26.5. The zero-order valence-corrected chi connectivity index (χ0v) is 10.4. The predicted molar refractivity (Wildman–Crippen MR) is 64.6 cm³/mol. The number of carbonyl (C=O) groups is 2. The molecule has 1 rings (SSSR count). The van der Waals surface area contributed by atoms with E-state index in [1.54, 1.807) is 26.0 Å². The minimum absolute atomic E-state index is 0.0522. The Morgan fingerprint density at radius 3 is 2.71 bits per heavy atom. The van der Waals surface area contributed by atoms with E-state index < -0.39 is 11.4 Å². The van der Waals surface area contributed by atoms with E-state index in [0.29, 0.717) is 0 Å². The van der Waals surface area contributed by atoms with Crippen LogP contribution in [-0.4, -0.2) is 22.3 Å². The Labute approximate surface area is 104 Å². The van der Waals surface area contributed by atoms with Gasteiger partial charge in [-0.1, -0.05) is 11.6 Å². The number of nitrogens with one attached hydrogen (secondary N) is 1. The lowest BCUT2D eigenvalue weighted by Crippen LogP contribution is -2.46. The summed E-state index contributed by atoms with van der Waals surface area (Å²) in [6, 6.07) is 3.17. The normalized spacial score (nSPS) is 11.0. The molecule has 5 nitrogen and oxygen atoms in total. The van der Waals surface area contributed by atoms with Crippen molar-refractivity contribution in [3.63, 3.8) is 0 Å². The highest BCUT2D eigenvalue weighted by atomic mass is 35.5. The van der Waals surface area contributed by atoms with Crippen molar-refractivity contribution in [2.45, 2.75) is 25.8 Å². The fourth-order valence-corrected chi connectivity index (χ4v) is 1.62. The largest absolute Gasteiger partial charge is 0.370 e. The summed E-state index contributed by atoms with van der Waals surface area (Å²) in [6.45, 7) is 3.42. The fraction of sp³-hybridized carbons (Fsp3) is 0.364. The Hall–Kier alpha value is -1.62. The first-order valence-corrected chi connectivity index (χ1v) is 5.41. The van der Waals surface area contributed by atoms with Gasteiger partial charge in [-0.15, -0.1) is 0 Å². The molecule has 1 heterocycles. The third-order valence-electron chi connectivity index (χ3n) is 2.07. The highest BCUT2D eigenvalue weighted by Crippen LogP contribution is 2.14. The van der Waals surface area contributed by atoms with Gasteiger partial charge in [-0.25, -0.2) is 4.98 Å². The van der Waals surface area contributed by atoms with Crippen molar-refractivity contribution < 1.29 is 9.59 Å². The van der Waals surface area contributed by atoms with Gasteiger partial charge in [0.2, 0.25) is 5.91 Å². The maximum absolute atomic E-state index is 11.9. The average Bonchev–Trinajstić information content (AvgIpc) is 2.14. The van der Waals surface area contributed by atoms with Gasteiger partial charge in [-0.3, -0.25) is 9.59 Å². The molecule has 0 fully saturated rings. The monoisotopic (exact) mass is 255 g/mol. The molecule has 1 aromatic rings. The highest BCUT2D eigenvalue weighted by Gasteiger charge is 2.24. The smallest absolute Gasteiger partial charge is 0.254 e. The molecule has 0 radical (unpaired) electrons. The van der Waals surface area contributed by atoms with Crippen molar-refractivity contribution in [1.29, 1.82) is 0 Å². The molecule has 0 aliphatic rings. The predicted octanol–water partition coefficient (Wildman–Crippen LogP) is 1.12. The summed E-state index contributed by atoms with van der Waals surface area (Å²) < 4.78 is 0. The van der Waals surface area contributed by atoms with Crippen molar-refractivity contribution in [3.8, 4) is 0 Å². The summed E-state index contributed by atoms with van der Waals surface area (Å²) in [5.41, 5.74) is 4.64. The van der Waals surface area contributed by atoms with Gasteiger partial charge in [0.1, 0.15) is 5.15 Å². The first kappa shape index (κ1) is 13.4. The number of nitrogens with two attached hydrogens (primary N) is 1. The lowest BCUT2D eigenvalue weighted by molar-refractivity contribution is -0.119. The SMILES string of the molecule is CC(C)(CC(N)=O)NC(=O)c1cccnc1Cl. The Morgan fingerprint density at radius 1 is 1.53 bits per heavy atom. The number of rotatable bonds is 4. The zero-order valence-electron chi connectivity index (χ0n) is 9.66. The van der Waals surface area contributed by atoms with E-state index in [1.165, 1.54) is 6.20 Å². The van der Waals surface area contributed by atoms with Crippen LogP contribution in [0.1, 0.15) is 30.6 Å². The molecule has 0 saturated carbocycles. The van der Waals surface area contributed by atoms with Crippen molar-refractivity contribution >= 4 is 23.4 Å². The molecular weight excluding hydrogens is 242 g/mol. The number of aromatic nitrogens is 1. The van der Waals surface area contributed by atoms with Crippen molar-refractivity contribution in [2.75, 3.05) is 0 Å². The molecule has 0 unspecified atom stereocenters. The van der Waals surface area contributed by atoms with E-state index in [-0.39, 0.29) is 23.0 Å². The van der Waals surface area contributed by atoms with Crippen LogP contribution < -0.4 is 11.1 Å². The highest BCUT2D eigenvalue weighted by molar-refractivity contribution is 6.32. The van der Waals surface area contributed by atoms with Crippen molar-refractivity contribution in [2.24, 2.45) is 5.73 Å². The van der Waals surface area contributed by atoms with E-state index in [0.717, 1.165) is 0 Å². The van der Waals surface area contributed by atoms with Crippen LogP contribution >= 0.6 is 11.6 Å². The second-order valence-corrected chi connectivity index (χ2v) is 4.68. The van der Waals surface area contributed by atoms with Crippen LogP contribution in [0.2, 0.25) is 5.15 Å². The molecular formula is C11H14ClN3O2. The van der Waals surface area contributed by atoms with Gasteiger partial charge < -0.3 is 11.1 Å². The molecule has 0 spiro atoms. The maximum Gasteiger partial charge on any atom is 0.254 e. The van der Waals surface area contributed by atoms with Gasteiger partial charge in [0.15, 0.2) is 0 Å². The van der Waals surface area contributed by atoms with Crippen molar-refractivity contribution in [3.05, 3.63) is 29.0 Å².